The van der Waals surface area contributed by atoms with E-state index in [9.17, 15) is 0 Å². The summed E-state index contributed by atoms with van der Waals surface area (Å²) >= 11 is 17.6. The van der Waals surface area contributed by atoms with Crippen molar-refractivity contribution in [3.63, 3.8) is 0 Å². The molecule has 0 fully saturated rings. The van der Waals surface area contributed by atoms with E-state index in [4.69, 9.17) is 23.2 Å². The van der Waals surface area contributed by atoms with Gasteiger partial charge in [0.25, 0.3) is 0 Å². The summed E-state index contributed by atoms with van der Waals surface area (Å²) in [5.74, 6) is 0. The summed E-state index contributed by atoms with van der Waals surface area (Å²) < 4.78 is 1.69. The van der Waals surface area contributed by atoms with Gasteiger partial charge in [-0.05, 0) is 57.9 Å². The summed E-state index contributed by atoms with van der Waals surface area (Å²) in [5, 5.41) is -0.107. The van der Waals surface area contributed by atoms with Gasteiger partial charge in [0.1, 0.15) is 4.34 Å². The third-order valence-electron chi connectivity index (χ3n) is 3.33. The number of aryl methyl sites for hydroxylation is 2. The fourth-order valence-corrected chi connectivity index (χ4v) is 4.48. The Morgan fingerprint density at radius 1 is 1.17 bits per heavy atom. The molecule has 0 aliphatic heterocycles. The molecule has 0 amide bonds. The molecule has 0 saturated carbocycles. The fraction of sp³-hybridized carbons (Fsp3) is 0.286. The van der Waals surface area contributed by atoms with Gasteiger partial charge in [-0.1, -0.05) is 29.8 Å². The molecule has 2 aromatic rings. The van der Waals surface area contributed by atoms with Crippen molar-refractivity contribution < 1.29 is 0 Å². The van der Waals surface area contributed by atoms with Gasteiger partial charge in [0.15, 0.2) is 0 Å². The molecule has 0 spiro atoms. The molecule has 4 heteroatoms. The van der Waals surface area contributed by atoms with Crippen LogP contribution >= 0.6 is 50.5 Å². The first kappa shape index (κ1) is 13.0. The molecule has 0 N–H and O–H groups in total. The average molecular weight is 362 g/mol. The van der Waals surface area contributed by atoms with Crippen molar-refractivity contribution in [3.05, 3.63) is 54.6 Å². The zero-order chi connectivity index (χ0) is 12.7. The van der Waals surface area contributed by atoms with Crippen LogP contribution in [-0.4, -0.2) is 0 Å². The zero-order valence-corrected chi connectivity index (χ0v) is 13.5. The van der Waals surface area contributed by atoms with Gasteiger partial charge < -0.3 is 0 Å². The maximum Gasteiger partial charge on any atom is 0.107 e. The summed E-state index contributed by atoms with van der Waals surface area (Å²) in [6.07, 6.45) is 3.66. The van der Waals surface area contributed by atoms with E-state index in [1.807, 2.05) is 6.07 Å². The van der Waals surface area contributed by atoms with E-state index >= 15 is 0 Å². The Balaban J connectivity index is 1.94. The van der Waals surface area contributed by atoms with Gasteiger partial charge >= 0.3 is 0 Å². The first-order chi connectivity index (χ1) is 8.65. The molecule has 1 aliphatic rings. The maximum absolute atomic E-state index is 6.55. The summed E-state index contributed by atoms with van der Waals surface area (Å²) in [6.45, 7) is 0. The van der Waals surface area contributed by atoms with Gasteiger partial charge in [-0.25, -0.2) is 0 Å². The van der Waals surface area contributed by atoms with Crippen molar-refractivity contribution in [3.8, 4) is 0 Å². The molecule has 94 valence electrons. The molecule has 0 nitrogen and oxygen atoms in total. The van der Waals surface area contributed by atoms with Crippen LogP contribution in [0.25, 0.3) is 0 Å². The van der Waals surface area contributed by atoms with Crippen LogP contribution < -0.4 is 0 Å². The van der Waals surface area contributed by atoms with E-state index in [-0.39, 0.29) is 5.38 Å². The third kappa shape index (κ3) is 2.36. The first-order valence-electron chi connectivity index (χ1n) is 5.85. The quantitative estimate of drug-likeness (QED) is 0.577. The Morgan fingerprint density at radius 3 is 2.67 bits per heavy atom. The smallest absolute Gasteiger partial charge is 0.107 e. The molecular formula is C14H11BrCl2S. The van der Waals surface area contributed by atoms with Gasteiger partial charge in [-0.2, -0.15) is 0 Å². The van der Waals surface area contributed by atoms with Gasteiger partial charge in [0, 0.05) is 9.35 Å². The highest BCUT2D eigenvalue weighted by atomic mass is 79.9. The van der Waals surface area contributed by atoms with Crippen LogP contribution in [0.5, 0.6) is 0 Å². The Hall–Kier alpha value is -0.0200. The molecule has 1 unspecified atom stereocenters. The largest absolute Gasteiger partial charge is 0.125 e. The van der Waals surface area contributed by atoms with Gasteiger partial charge in [0.2, 0.25) is 0 Å². The number of rotatable bonds is 2. The van der Waals surface area contributed by atoms with Gasteiger partial charge in [-0.15, -0.1) is 22.9 Å². The molecule has 0 radical (unpaired) electrons. The lowest BCUT2D eigenvalue weighted by Crippen LogP contribution is -1.92. The number of alkyl halides is 1. The Morgan fingerprint density at radius 2 is 1.94 bits per heavy atom. The van der Waals surface area contributed by atoms with Crippen molar-refractivity contribution in [2.24, 2.45) is 0 Å². The molecule has 1 aromatic heterocycles. The second kappa shape index (κ2) is 5.16. The average Bonchev–Trinajstić information content (AvgIpc) is 2.95. The Bertz CT molecular complexity index is 572. The molecule has 18 heavy (non-hydrogen) atoms. The van der Waals surface area contributed by atoms with Crippen LogP contribution in [-0.2, 0) is 12.8 Å². The monoisotopic (exact) mass is 360 g/mol. The van der Waals surface area contributed by atoms with Crippen LogP contribution in [0.4, 0.5) is 0 Å². The topological polar surface area (TPSA) is 0 Å². The summed E-state index contributed by atoms with van der Waals surface area (Å²) in [6, 6.07) is 8.63. The highest BCUT2D eigenvalue weighted by Gasteiger charge is 2.18. The predicted molar refractivity (Wildman–Crippen MR) is 83.2 cm³/mol. The van der Waals surface area contributed by atoms with Crippen molar-refractivity contribution >= 4 is 50.5 Å². The predicted octanol–water partition coefficient (Wildman–Crippen LogP) is 5.98. The SMILES string of the molecule is Clc1sc(C(Cl)c2ccc3c(c2)CCC3)cc1Br. The highest BCUT2D eigenvalue weighted by Crippen LogP contribution is 2.41. The summed E-state index contributed by atoms with van der Waals surface area (Å²) in [4.78, 5) is 1.09. The van der Waals surface area contributed by atoms with E-state index in [1.165, 1.54) is 47.3 Å². The number of hydrogen-bond donors (Lipinski definition) is 0. The van der Waals surface area contributed by atoms with Crippen molar-refractivity contribution in [1.29, 1.82) is 0 Å². The minimum absolute atomic E-state index is 0.107. The molecule has 0 bridgehead atoms. The normalized spacial score (nSPS) is 15.7. The maximum atomic E-state index is 6.55. The second-order valence-corrected chi connectivity index (χ2v) is 7.49. The summed E-state index contributed by atoms with van der Waals surface area (Å²) in [5.41, 5.74) is 4.11. The molecule has 3 rings (SSSR count). The number of halogens is 3. The molecule has 1 heterocycles. The van der Waals surface area contributed by atoms with E-state index in [0.717, 1.165) is 13.7 Å². The lowest BCUT2D eigenvalue weighted by Gasteiger charge is -2.09. The number of benzene rings is 1. The molecule has 1 aliphatic carbocycles. The minimum atomic E-state index is -0.107. The van der Waals surface area contributed by atoms with Crippen LogP contribution in [0.2, 0.25) is 4.34 Å². The number of hydrogen-bond acceptors (Lipinski definition) is 1. The molecule has 1 aromatic carbocycles. The summed E-state index contributed by atoms with van der Waals surface area (Å²) in [7, 11) is 0. The minimum Gasteiger partial charge on any atom is -0.125 e. The zero-order valence-electron chi connectivity index (χ0n) is 9.55. The van der Waals surface area contributed by atoms with Crippen molar-refractivity contribution in [2.75, 3.05) is 0 Å². The lowest BCUT2D eigenvalue weighted by atomic mass is 10.0. The number of thiophene rings is 1. The second-order valence-electron chi connectivity index (χ2n) is 4.51. The van der Waals surface area contributed by atoms with Crippen LogP contribution in [0.1, 0.15) is 33.4 Å². The Kier molecular flexibility index (Phi) is 3.72. The molecule has 0 saturated heterocycles. The van der Waals surface area contributed by atoms with Crippen LogP contribution in [0.15, 0.2) is 28.7 Å². The molecular weight excluding hydrogens is 351 g/mol. The van der Waals surface area contributed by atoms with Crippen molar-refractivity contribution in [2.45, 2.75) is 24.6 Å². The molecule has 1 atom stereocenters. The highest BCUT2D eigenvalue weighted by molar-refractivity contribution is 9.10. The van der Waals surface area contributed by atoms with Gasteiger partial charge in [-0.3, -0.25) is 0 Å². The van der Waals surface area contributed by atoms with E-state index in [2.05, 4.69) is 34.1 Å². The van der Waals surface area contributed by atoms with Crippen LogP contribution in [0, 0.1) is 0 Å². The fourth-order valence-electron chi connectivity index (χ4n) is 2.40. The van der Waals surface area contributed by atoms with E-state index in [1.54, 1.807) is 0 Å². The van der Waals surface area contributed by atoms with Crippen molar-refractivity contribution in [1.82, 2.24) is 0 Å². The van der Waals surface area contributed by atoms with E-state index in [0.29, 0.717) is 0 Å². The number of fused-ring (bicyclic) bond motifs is 1. The Labute approximate surface area is 129 Å². The van der Waals surface area contributed by atoms with E-state index < -0.39 is 0 Å². The lowest BCUT2D eigenvalue weighted by molar-refractivity contribution is 0.911. The van der Waals surface area contributed by atoms with Gasteiger partial charge in [0.05, 0.1) is 5.38 Å². The van der Waals surface area contributed by atoms with Crippen LogP contribution in [0.3, 0.4) is 0 Å². The first-order valence-corrected chi connectivity index (χ1v) is 8.28. The standard InChI is InChI=1S/C14H11BrCl2S/c15-11-7-12(18-14(11)17)13(16)10-5-4-8-2-1-3-9(8)6-10/h4-7,13H,1-3H2. The third-order valence-corrected chi connectivity index (χ3v) is 6.49.